The number of hydrogen-bond donors (Lipinski definition) is 2. The number of Topliss-reactive ketones (excluding diaryl/α,β-unsaturated/α-hetero) is 1. The summed E-state index contributed by atoms with van der Waals surface area (Å²) in [5.74, 6) is 1.04. The van der Waals surface area contributed by atoms with E-state index in [1.165, 1.54) is 0 Å². The molecule has 2 atom stereocenters. The highest BCUT2D eigenvalue weighted by Gasteiger charge is 2.39. The van der Waals surface area contributed by atoms with Crippen molar-refractivity contribution in [2.45, 2.75) is 78.1 Å². The fraction of sp³-hybridized carbons (Fsp3) is 0.536. The zero-order chi connectivity index (χ0) is 24.6. The highest BCUT2D eigenvalue weighted by Crippen LogP contribution is 2.40. The van der Waals surface area contributed by atoms with E-state index in [1.807, 2.05) is 76.9 Å². The number of aromatic nitrogens is 1. The number of phenols is 1. The number of likely N-dealkylation sites (tertiary alicyclic amines) is 1. The molecule has 178 valence electrons. The number of nitrogens with zero attached hydrogens (tertiary/aromatic N) is 2. The van der Waals surface area contributed by atoms with Crippen LogP contribution in [0.1, 0.15) is 94.3 Å². The summed E-state index contributed by atoms with van der Waals surface area (Å²) in [5.41, 5.74) is 2.63. The minimum absolute atomic E-state index is 0.0159. The van der Waals surface area contributed by atoms with Crippen molar-refractivity contribution in [3.05, 3.63) is 58.9 Å². The summed E-state index contributed by atoms with van der Waals surface area (Å²) in [5, 5.41) is 19.9. The molecule has 5 nitrogen and oxygen atoms in total. The summed E-state index contributed by atoms with van der Waals surface area (Å²) in [6, 6.07) is 7.63. The third-order valence-corrected chi connectivity index (χ3v) is 6.65. The first kappa shape index (κ1) is 24.9. The van der Waals surface area contributed by atoms with Gasteiger partial charge < -0.3 is 10.0 Å². The van der Waals surface area contributed by atoms with E-state index in [1.54, 1.807) is 6.20 Å². The lowest BCUT2D eigenvalue weighted by Crippen LogP contribution is -2.32. The third-order valence-electron chi connectivity index (χ3n) is 6.65. The van der Waals surface area contributed by atoms with Crippen LogP contribution >= 0.6 is 0 Å². The normalized spacial score (nSPS) is 19.2. The van der Waals surface area contributed by atoms with Gasteiger partial charge in [0.1, 0.15) is 11.6 Å². The SMILES string of the molecule is CCC[C@H]1CN(CC(=O)c2cc(C(C)(C)C)c(O)c(C(C)(C)C)c2)C(=N)[C@@H]1c1cccnc1. The van der Waals surface area contributed by atoms with Crippen LogP contribution in [-0.2, 0) is 10.8 Å². The molecule has 1 aromatic carbocycles. The Kier molecular flexibility index (Phi) is 7.01. The molecule has 0 saturated carbocycles. The van der Waals surface area contributed by atoms with Gasteiger partial charge in [-0.1, -0.05) is 61.0 Å². The van der Waals surface area contributed by atoms with Crippen LogP contribution in [0, 0.1) is 11.3 Å². The molecule has 2 aromatic rings. The molecule has 2 N–H and O–H groups in total. The van der Waals surface area contributed by atoms with Crippen molar-refractivity contribution in [3.8, 4) is 5.75 Å². The van der Waals surface area contributed by atoms with Gasteiger partial charge in [-0.3, -0.25) is 15.2 Å². The van der Waals surface area contributed by atoms with Crippen LogP contribution in [0.5, 0.6) is 5.75 Å². The van der Waals surface area contributed by atoms with Crippen molar-refractivity contribution in [3.63, 3.8) is 0 Å². The summed E-state index contributed by atoms with van der Waals surface area (Å²) in [4.78, 5) is 19.7. The molecule has 0 radical (unpaired) electrons. The second-order valence-corrected chi connectivity index (χ2v) is 11.4. The Labute approximate surface area is 198 Å². The maximum absolute atomic E-state index is 13.5. The summed E-state index contributed by atoms with van der Waals surface area (Å²) < 4.78 is 0. The number of aromatic hydroxyl groups is 1. The van der Waals surface area contributed by atoms with Crippen molar-refractivity contribution in [2.24, 2.45) is 5.92 Å². The van der Waals surface area contributed by atoms with E-state index < -0.39 is 0 Å². The Balaban J connectivity index is 1.93. The number of benzene rings is 1. The molecule has 2 heterocycles. The molecule has 5 heteroatoms. The minimum Gasteiger partial charge on any atom is -0.507 e. The standard InChI is InChI=1S/C28H39N3O2/c1-8-10-19-16-31(26(29)24(19)18-11-9-12-30-15-18)17-23(32)20-13-21(27(2,3)4)25(33)22(14-20)28(5,6)7/h9,11-15,19,24,29,33H,8,10,16-17H2,1-7H3/t19-,24+/m0/s1. The predicted molar refractivity (Wildman–Crippen MR) is 135 cm³/mol. The first-order chi connectivity index (χ1) is 15.3. The van der Waals surface area contributed by atoms with Crippen molar-refractivity contribution in [1.29, 1.82) is 5.41 Å². The van der Waals surface area contributed by atoms with Gasteiger partial charge in [-0.25, -0.2) is 0 Å². The summed E-state index contributed by atoms with van der Waals surface area (Å²) in [6.07, 6.45) is 5.65. The molecule has 1 aromatic heterocycles. The fourth-order valence-corrected chi connectivity index (χ4v) is 4.88. The van der Waals surface area contributed by atoms with Crippen molar-refractivity contribution in [2.75, 3.05) is 13.1 Å². The number of rotatable bonds is 6. The summed E-state index contributed by atoms with van der Waals surface area (Å²) in [6.45, 7) is 15.3. The van der Waals surface area contributed by atoms with Gasteiger partial charge in [0.05, 0.1) is 6.54 Å². The van der Waals surface area contributed by atoms with Crippen LogP contribution in [0.2, 0.25) is 0 Å². The van der Waals surface area contributed by atoms with Crippen molar-refractivity contribution >= 4 is 11.6 Å². The van der Waals surface area contributed by atoms with E-state index in [0.29, 0.717) is 23.9 Å². The molecular formula is C28H39N3O2. The molecule has 0 aliphatic carbocycles. The van der Waals surface area contributed by atoms with Gasteiger partial charge in [0.2, 0.25) is 0 Å². The molecule has 1 fully saturated rings. The Bertz CT molecular complexity index is 981. The van der Waals surface area contributed by atoms with Gasteiger partial charge in [-0.2, -0.15) is 0 Å². The quantitative estimate of drug-likeness (QED) is 0.526. The average molecular weight is 450 g/mol. The van der Waals surface area contributed by atoms with Gasteiger partial charge in [-0.05, 0) is 46.9 Å². The fourth-order valence-electron chi connectivity index (χ4n) is 4.88. The van der Waals surface area contributed by atoms with Crippen LogP contribution in [0.4, 0.5) is 0 Å². The summed E-state index contributed by atoms with van der Waals surface area (Å²) in [7, 11) is 0. The van der Waals surface area contributed by atoms with Crippen molar-refractivity contribution in [1.82, 2.24) is 9.88 Å². The number of ketones is 1. The molecule has 0 unspecified atom stereocenters. The zero-order valence-corrected chi connectivity index (χ0v) is 21.2. The van der Waals surface area contributed by atoms with E-state index in [-0.39, 0.29) is 34.8 Å². The topological polar surface area (TPSA) is 77.3 Å². The van der Waals surface area contributed by atoms with Gasteiger partial charge in [0, 0.05) is 41.5 Å². The smallest absolute Gasteiger partial charge is 0.182 e. The second kappa shape index (κ2) is 9.28. The minimum atomic E-state index is -0.293. The lowest BCUT2D eigenvalue weighted by atomic mass is 9.78. The monoisotopic (exact) mass is 449 g/mol. The maximum Gasteiger partial charge on any atom is 0.182 e. The number of phenolic OH excluding ortho intramolecular Hbond substituents is 1. The third kappa shape index (κ3) is 5.29. The summed E-state index contributed by atoms with van der Waals surface area (Å²) >= 11 is 0. The van der Waals surface area contributed by atoms with Crippen LogP contribution in [0.3, 0.4) is 0 Å². The van der Waals surface area contributed by atoms with Gasteiger partial charge >= 0.3 is 0 Å². The molecule has 33 heavy (non-hydrogen) atoms. The van der Waals surface area contributed by atoms with Gasteiger partial charge in [-0.15, -0.1) is 0 Å². The largest absolute Gasteiger partial charge is 0.507 e. The highest BCUT2D eigenvalue weighted by atomic mass is 16.3. The molecule has 3 rings (SSSR count). The molecule has 1 aliphatic rings. The van der Waals surface area contributed by atoms with E-state index in [2.05, 4.69) is 11.9 Å². The van der Waals surface area contributed by atoms with Crippen LogP contribution in [0.15, 0.2) is 36.7 Å². The molecule has 0 spiro atoms. The Hall–Kier alpha value is -2.69. The first-order valence-electron chi connectivity index (χ1n) is 12.0. The number of amidine groups is 1. The highest BCUT2D eigenvalue weighted by molar-refractivity contribution is 6.01. The van der Waals surface area contributed by atoms with Gasteiger partial charge in [0.15, 0.2) is 5.78 Å². The first-order valence-corrected chi connectivity index (χ1v) is 12.0. The molecular weight excluding hydrogens is 410 g/mol. The van der Waals surface area contributed by atoms with Gasteiger partial charge in [0.25, 0.3) is 0 Å². The zero-order valence-electron chi connectivity index (χ0n) is 21.2. The number of carbonyl (C=O) groups is 1. The van der Waals surface area contributed by atoms with Crippen LogP contribution < -0.4 is 0 Å². The molecule has 1 aliphatic heterocycles. The van der Waals surface area contributed by atoms with E-state index >= 15 is 0 Å². The number of carbonyl (C=O) groups excluding carboxylic acids is 1. The number of hydrogen-bond acceptors (Lipinski definition) is 4. The molecule has 1 saturated heterocycles. The average Bonchev–Trinajstić information content (AvgIpc) is 3.02. The van der Waals surface area contributed by atoms with Crippen LogP contribution in [0.25, 0.3) is 0 Å². The van der Waals surface area contributed by atoms with Crippen LogP contribution in [-0.4, -0.2) is 39.7 Å². The van der Waals surface area contributed by atoms with E-state index in [4.69, 9.17) is 5.41 Å². The van der Waals surface area contributed by atoms with E-state index in [9.17, 15) is 9.90 Å². The number of pyridine rings is 1. The maximum atomic E-state index is 13.5. The van der Waals surface area contributed by atoms with E-state index in [0.717, 1.165) is 29.5 Å². The number of nitrogens with one attached hydrogen (secondary N) is 1. The molecule has 0 bridgehead atoms. The predicted octanol–water partition coefficient (Wildman–Crippen LogP) is 6.06. The molecule has 0 amide bonds. The second-order valence-electron chi connectivity index (χ2n) is 11.4. The Morgan fingerprint density at radius 3 is 2.24 bits per heavy atom. The Morgan fingerprint density at radius 2 is 1.76 bits per heavy atom. The Morgan fingerprint density at radius 1 is 1.15 bits per heavy atom. The lowest BCUT2D eigenvalue weighted by molar-refractivity contribution is 0.0963. The lowest BCUT2D eigenvalue weighted by Gasteiger charge is -2.28. The van der Waals surface area contributed by atoms with Crippen molar-refractivity contribution < 1.29 is 9.90 Å².